The summed E-state index contributed by atoms with van der Waals surface area (Å²) in [6.07, 6.45) is 9.56. The molecule has 3 rings (SSSR count). The van der Waals surface area contributed by atoms with Crippen molar-refractivity contribution in [3.63, 3.8) is 0 Å². The third kappa shape index (κ3) is 4.89. The van der Waals surface area contributed by atoms with Gasteiger partial charge in [-0.1, -0.05) is 20.8 Å². The quantitative estimate of drug-likeness (QED) is 0.802. The van der Waals surface area contributed by atoms with Crippen molar-refractivity contribution in [3.05, 3.63) is 18.0 Å². The highest BCUT2D eigenvalue weighted by Gasteiger charge is 2.29. The molecule has 2 saturated heterocycles. The summed E-state index contributed by atoms with van der Waals surface area (Å²) < 4.78 is 2.24. The Morgan fingerprint density at radius 1 is 0.923 bits per heavy atom. The molecule has 1 aromatic heterocycles. The van der Waals surface area contributed by atoms with E-state index in [0.29, 0.717) is 11.6 Å². The Morgan fingerprint density at radius 3 is 2.04 bits per heavy atom. The number of hydrogen-bond donors (Lipinski definition) is 0. The van der Waals surface area contributed by atoms with Gasteiger partial charge in [-0.3, -0.25) is 9.58 Å². The first-order valence-corrected chi connectivity index (χ1v) is 10.6. The molecule has 0 unspecified atom stereocenters. The van der Waals surface area contributed by atoms with E-state index in [9.17, 15) is 0 Å². The molecule has 2 aliphatic heterocycles. The highest BCUT2D eigenvalue weighted by molar-refractivity contribution is 5.15. The first-order valence-electron chi connectivity index (χ1n) is 10.6. The van der Waals surface area contributed by atoms with Crippen molar-refractivity contribution in [1.82, 2.24) is 19.6 Å². The molecule has 1 aromatic rings. The molecular weight excluding hydrogens is 320 g/mol. The number of hydrogen-bond acceptors (Lipinski definition) is 3. The fraction of sp³-hybridized carbons (Fsp3) is 0.864. The molecule has 0 spiro atoms. The second kappa shape index (κ2) is 7.63. The molecule has 3 heterocycles. The molecule has 0 bridgehead atoms. The van der Waals surface area contributed by atoms with Crippen LogP contribution in [0.2, 0.25) is 0 Å². The minimum absolute atomic E-state index is 0.195. The Bertz CT molecular complexity index is 562. The summed E-state index contributed by atoms with van der Waals surface area (Å²) >= 11 is 0. The summed E-state index contributed by atoms with van der Waals surface area (Å²) in [5, 5.41) is 4.67. The number of likely N-dealkylation sites (tertiary alicyclic amines) is 2. The molecule has 0 aromatic carbocycles. The zero-order chi connectivity index (χ0) is 18.9. The zero-order valence-electron chi connectivity index (χ0n) is 18.0. The van der Waals surface area contributed by atoms with E-state index in [0.717, 1.165) is 5.92 Å². The largest absolute Gasteiger partial charge is 0.303 e. The van der Waals surface area contributed by atoms with E-state index in [1.807, 2.05) is 0 Å². The lowest BCUT2D eigenvalue weighted by atomic mass is 9.90. The third-order valence-electron chi connectivity index (χ3n) is 6.48. The van der Waals surface area contributed by atoms with Gasteiger partial charge in [-0.25, -0.2) is 0 Å². The molecule has 0 amide bonds. The van der Waals surface area contributed by atoms with Crippen molar-refractivity contribution in [2.45, 2.75) is 84.2 Å². The lowest BCUT2D eigenvalue weighted by Gasteiger charge is -2.42. The predicted molar refractivity (Wildman–Crippen MR) is 110 cm³/mol. The summed E-state index contributed by atoms with van der Waals surface area (Å²) in [7, 11) is 0. The molecule has 0 aliphatic carbocycles. The molecule has 0 atom stereocenters. The van der Waals surface area contributed by atoms with E-state index in [4.69, 9.17) is 0 Å². The Morgan fingerprint density at radius 2 is 1.54 bits per heavy atom. The van der Waals surface area contributed by atoms with E-state index in [2.05, 4.69) is 73.5 Å². The molecular formula is C22H40N4. The summed E-state index contributed by atoms with van der Waals surface area (Å²) in [5.74, 6) is 0.891. The van der Waals surface area contributed by atoms with E-state index in [1.54, 1.807) is 0 Å². The summed E-state index contributed by atoms with van der Waals surface area (Å²) in [6, 6.07) is 0.588. The van der Waals surface area contributed by atoms with Gasteiger partial charge in [0.25, 0.3) is 0 Å². The SMILES string of the molecule is CC(C)(C)c1cnn(C2CCN(CC3CCN(C(C)(C)C)CC3)CC2)c1. The molecule has 0 N–H and O–H groups in total. The van der Waals surface area contributed by atoms with Crippen molar-refractivity contribution in [2.75, 3.05) is 32.7 Å². The minimum Gasteiger partial charge on any atom is -0.303 e. The molecule has 2 aliphatic rings. The second-order valence-corrected chi connectivity index (χ2v) is 10.6. The third-order valence-corrected chi connectivity index (χ3v) is 6.48. The number of nitrogens with zero attached hydrogens (tertiary/aromatic N) is 4. The monoisotopic (exact) mass is 360 g/mol. The van der Waals surface area contributed by atoms with Crippen LogP contribution in [0.1, 0.15) is 78.8 Å². The van der Waals surface area contributed by atoms with Gasteiger partial charge in [-0.05, 0) is 76.4 Å². The van der Waals surface area contributed by atoms with Gasteiger partial charge >= 0.3 is 0 Å². The fourth-order valence-electron chi connectivity index (χ4n) is 4.44. The van der Waals surface area contributed by atoms with Crippen molar-refractivity contribution in [3.8, 4) is 0 Å². The number of aromatic nitrogens is 2. The van der Waals surface area contributed by atoms with Gasteiger partial charge < -0.3 is 4.90 Å². The first kappa shape index (κ1) is 19.9. The van der Waals surface area contributed by atoms with Gasteiger partial charge in [0.15, 0.2) is 0 Å². The molecule has 4 heteroatoms. The van der Waals surface area contributed by atoms with Gasteiger partial charge in [0, 0.05) is 31.4 Å². The van der Waals surface area contributed by atoms with E-state index in [-0.39, 0.29) is 5.41 Å². The number of piperidine rings is 2. The van der Waals surface area contributed by atoms with Crippen LogP contribution in [0.15, 0.2) is 12.4 Å². The van der Waals surface area contributed by atoms with E-state index >= 15 is 0 Å². The average molecular weight is 361 g/mol. The van der Waals surface area contributed by atoms with Crippen LogP contribution in [0.5, 0.6) is 0 Å². The number of rotatable bonds is 3. The highest BCUT2D eigenvalue weighted by Crippen LogP contribution is 2.29. The maximum Gasteiger partial charge on any atom is 0.0543 e. The molecule has 4 nitrogen and oxygen atoms in total. The predicted octanol–water partition coefficient (Wildman–Crippen LogP) is 4.33. The maximum atomic E-state index is 4.67. The van der Waals surface area contributed by atoms with Gasteiger partial charge in [-0.15, -0.1) is 0 Å². The summed E-state index contributed by atoms with van der Waals surface area (Å²) in [4.78, 5) is 5.36. The van der Waals surface area contributed by atoms with Gasteiger partial charge in [-0.2, -0.15) is 5.10 Å². The van der Waals surface area contributed by atoms with Crippen molar-refractivity contribution in [1.29, 1.82) is 0 Å². The molecule has 26 heavy (non-hydrogen) atoms. The van der Waals surface area contributed by atoms with Crippen LogP contribution >= 0.6 is 0 Å². The van der Waals surface area contributed by atoms with Gasteiger partial charge in [0.2, 0.25) is 0 Å². The van der Waals surface area contributed by atoms with E-state index in [1.165, 1.54) is 64.0 Å². The molecule has 0 saturated carbocycles. The second-order valence-electron chi connectivity index (χ2n) is 10.6. The Balaban J connectivity index is 1.44. The standard InChI is InChI=1S/C22H40N4/c1-21(2,3)19-15-23-26(17-19)20-9-11-24(12-10-20)16-18-7-13-25(14-8-18)22(4,5)6/h15,17-18,20H,7-14,16H2,1-6H3. The normalized spacial score (nSPS) is 22.8. The maximum absolute atomic E-state index is 4.67. The van der Waals surface area contributed by atoms with Gasteiger partial charge in [0.05, 0.1) is 12.2 Å². The first-order chi connectivity index (χ1) is 12.1. The summed E-state index contributed by atoms with van der Waals surface area (Å²) in [6.45, 7) is 20.1. The van der Waals surface area contributed by atoms with Crippen molar-refractivity contribution in [2.24, 2.45) is 5.92 Å². The van der Waals surface area contributed by atoms with Crippen LogP contribution in [0.3, 0.4) is 0 Å². The topological polar surface area (TPSA) is 24.3 Å². The average Bonchev–Trinajstić information content (AvgIpc) is 3.05. The molecule has 0 radical (unpaired) electrons. The molecule has 148 valence electrons. The Kier molecular flexibility index (Phi) is 5.83. The van der Waals surface area contributed by atoms with Crippen LogP contribution in [-0.4, -0.2) is 57.8 Å². The fourth-order valence-corrected chi connectivity index (χ4v) is 4.44. The van der Waals surface area contributed by atoms with Crippen molar-refractivity contribution < 1.29 is 0 Å². The smallest absolute Gasteiger partial charge is 0.0543 e. The highest BCUT2D eigenvalue weighted by atomic mass is 15.3. The molecule has 2 fully saturated rings. The van der Waals surface area contributed by atoms with Crippen LogP contribution in [0.25, 0.3) is 0 Å². The van der Waals surface area contributed by atoms with Crippen LogP contribution in [0, 0.1) is 5.92 Å². The van der Waals surface area contributed by atoms with E-state index < -0.39 is 0 Å². The van der Waals surface area contributed by atoms with Crippen LogP contribution in [-0.2, 0) is 5.41 Å². The van der Waals surface area contributed by atoms with Crippen LogP contribution in [0.4, 0.5) is 0 Å². The lowest BCUT2D eigenvalue weighted by molar-refractivity contribution is 0.0676. The Labute approximate surface area is 160 Å². The van der Waals surface area contributed by atoms with Crippen molar-refractivity contribution >= 4 is 0 Å². The zero-order valence-corrected chi connectivity index (χ0v) is 18.0. The minimum atomic E-state index is 0.195. The summed E-state index contributed by atoms with van der Waals surface area (Å²) in [5.41, 5.74) is 1.88. The van der Waals surface area contributed by atoms with Crippen LogP contribution < -0.4 is 0 Å². The van der Waals surface area contributed by atoms with Gasteiger partial charge in [0.1, 0.15) is 0 Å². The Hall–Kier alpha value is -0.870. The lowest BCUT2D eigenvalue weighted by Crippen LogP contribution is -2.48.